The fourth-order valence-electron chi connectivity index (χ4n) is 4.82. The van der Waals surface area contributed by atoms with Crippen LogP contribution in [0.1, 0.15) is 89.9 Å². The molecule has 2 unspecified atom stereocenters. The lowest BCUT2D eigenvalue weighted by Gasteiger charge is -2.20. The normalized spacial score (nSPS) is 18.1. The Balaban J connectivity index is 1.71. The van der Waals surface area contributed by atoms with E-state index in [0.717, 1.165) is 60.9 Å². The van der Waals surface area contributed by atoms with E-state index in [1.165, 1.54) is 25.4 Å². The van der Waals surface area contributed by atoms with E-state index in [9.17, 15) is 19.5 Å². The Bertz CT molecular complexity index is 1070. The Morgan fingerprint density at radius 3 is 2.47 bits per heavy atom. The van der Waals surface area contributed by atoms with E-state index in [4.69, 9.17) is 9.47 Å². The lowest BCUT2D eigenvalue weighted by Crippen LogP contribution is -2.17. The summed E-state index contributed by atoms with van der Waals surface area (Å²) >= 11 is 1.42. The van der Waals surface area contributed by atoms with Gasteiger partial charge in [-0.15, -0.1) is 11.3 Å². The molecule has 6 nitrogen and oxygen atoms in total. The molecule has 1 aliphatic rings. The van der Waals surface area contributed by atoms with Crippen LogP contribution in [-0.2, 0) is 25.5 Å². The molecule has 0 radical (unpaired) electrons. The number of rotatable bonds is 13. The zero-order chi connectivity index (χ0) is 26.1. The molecule has 1 heterocycles. The standard InChI is InChI=1S/C29H36O6S/c1-4-5-6-8-23(18-30)20-11-13-21(14-12-20)27-22(17-25(28(27)32)35-19(2)31)9-7-10-24-15-16-26(36-24)29(33)34-3/h11-17,22-23,27,30H,4-10,18H2,1-3H3/t22?,23?,27-/m1/s1. The molecule has 1 aromatic heterocycles. The van der Waals surface area contributed by atoms with Gasteiger partial charge in [0.05, 0.1) is 13.0 Å². The van der Waals surface area contributed by atoms with Crippen LogP contribution in [0.3, 0.4) is 0 Å². The highest BCUT2D eigenvalue weighted by Gasteiger charge is 2.38. The van der Waals surface area contributed by atoms with Gasteiger partial charge < -0.3 is 14.6 Å². The summed E-state index contributed by atoms with van der Waals surface area (Å²) in [7, 11) is 1.37. The average molecular weight is 513 g/mol. The number of allylic oxidation sites excluding steroid dienone is 2. The first-order valence-electron chi connectivity index (χ1n) is 12.7. The predicted molar refractivity (Wildman–Crippen MR) is 140 cm³/mol. The smallest absolute Gasteiger partial charge is 0.348 e. The first kappa shape index (κ1) is 27.8. The summed E-state index contributed by atoms with van der Waals surface area (Å²) in [6, 6.07) is 11.7. The number of ether oxygens (including phenoxy) is 2. The molecule has 194 valence electrons. The number of methoxy groups -OCH3 is 1. The van der Waals surface area contributed by atoms with Crippen molar-refractivity contribution in [3.8, 4) is 0 Å². The third-order valence-electron chi connectivity index (χ3n) is 6.72. The predicted octanol–water partition coefficient (Wildman–Crippen LogP) is 5.94. The quantitative estimate of drug-likeness (QED) is 0.264. The second-order valence-electron chi connectivity index (χ2n) is 9.32. The summed E-state index contributed by atoms with van der Waals surface area (Å²) in [5.74, 6) is -1.29. The number of Topliss-reactive ketones (excluding diaryl/α,β-unsaturated/α-hetero) is 1. The monoisotopic (exact) mass is 512 g/mol. The van der Waals surface area contributed by atoms with Crippen molar-refractivity contribution in [2.24, 2.45) is 5.92 Å². The molecule has 3 rings (SSSR count). The van der Waals surface area contributed by atoms with Crippen molar-refractivity contribution in [2.75, 3.05) is 13.7 Å². The number of aliphatic hydroxyl groups excluding tert-OH is 1. The summed E-state index contributed by atoms with van der Waals surface area (Å²) in [6.07, 6.45) is 8.43. The minimum atomic E-state index is -0.504. The Morgan fingerprint density at radius 1 is 1.08 bits per heavy atom. The molecule has 0 fully saturated rings. The summed E-state index contributed by atoms with van der Waals surface area (Å²) in [4.78, 5) is 38.1. The molecule has 0 amide bonds. The van der Waals surface area contributed by atoms with Gasteiger partial charge in [0.15, 0.2) is 5.76 Å². The number of ketones is 1. The van der Waals surface area contributed by atoms with Gasteiger partial charge in [0.1, 0.15) is 4.88 Å². The molecule has 3 atom stereocenters. The third-order valence-corrected chi connectivity index (χ3v) is 7.85. The van der Waals surface area contributed by atoms with Crippen molar-refractivity contribution < 1.29 is 29.0 Å². The van der Waals surface area contributed by atoms with E-state index >= 15 is 0 Å². The van der Waals surface area contributed by atoms with Crippen LogP contribution in [0.5, 0.6) is 0 Å². The molecule has 1 N–H and O–H groups in total. The SMILES string of the molecule is CCCCCC(CO)c1ccc([C@H]2C(=O)C(OC(C)=O)=CC2CCCc2ccc(C(=O)OC)s2)cc1. The van der Waals surface area contributed by atoms with Crippen LogP contribution in [0, 0.1) is 5.92 Å². The van der Waals surface area contributed by atoms with Crippen molar-refractivity contribution in [3.63, 3.8) is 0 Å². The second-order valence-corrected chi connectivity index (χ2v) is 10.5. The number of carbonyl (C=O) groups is 3. The van der Waals surface area contributed by atoms with Gasteiger partial charge in [-0.05, 0) is 60.9 Å². The molecule has 0 saturated heterocycles. The fourth-order valence-corrected chi connectivity index (χ4v) is 5.79. The molecular weight excluding hydrogens is 476 g/mol. The van der Waals surface area contributed by atoms with Crippen molar-refractivity contribution >= 4 is 29.1 Å². The molecule has 7 heteroatoms. The number of aryl methyl sites for hydroxylation is 1. The third kappa shape index (κ3) is 7.14. The number of carbonyl (C=O) groups excluding carboxylic acids is 3. The number of aliphatic hydroxyl groups is 1. The van der Waals surface area contributed by atoms with Crippen LogP contribution in [0.4, 0.5) is 0 Å². The van der Waals surface area contributed by atoms with Gasteiger partial charge in [0.2, 0.25) is 5.78 Å². The summed E-state index contributed by atoms with van der Waals surface area (Å²) < 4.78 is 10.0. The maximum absolute atomic E-state index is 13.2. The van der Waals surface area contributed by atoms with E-state index < -0.39 is 11.9 Å². The van der Waals surface area contributed by atoms with Crippen LogP contribution < -0.4 is 0 Å². The number of benzene rings is 1. The summed E-state index contributed by atoms with van der Waals surface area (Å²) in [6.45, 7) is 3.57. The van der Waals surface area contributed by atoms with Gasteiger partial charge in [0, 0.05) is 24.3 Å². The Labute approximate surface area is 217 Å². The van der Waals surface area contributed by atoms with Gasteiger partial charge in [0.25, 0.3) is 0 Å². The van der Waals surface area contributed by atoms with Gasteiger partial charge in [-0.3, -0.25) is 9.59 Å². The van der Waals surface area contributed by atoms with Crippen molar-refractivity contribution in [1.82, 2.24) is 0 Å². The molecule has 1 aliphatic carbocycles. The Morgan fingerprint density at radius 2 is 1.83 bits per heavy atom. The molecule has 0 aliphatic heterocycles. The van der Waals surface area contributed by atoms with Crippen LogP contribution in [-0.4, -0.2) is 36.5 Å². The first-order valence-corrected chi connectivity index (χ1v) is 13.5. The first-order chi connectivity index (χ1) is 17.4. The summed E-state index contributed by atoms with van der Waals surface area (Å²) in [5.41, 5.74) is 1.97. The number of hydrogen-bond donors (Lipinski definition) is 1. The lowest BCUT2D eigenvalue weighted by molar-refractivity contribution is -0.140. The molecular formula is C29H36O6S. The van der Waals surface area contributed by atoms with Gasteiger partial charge >= 0.3 is 11.9 Å². The van der Waals surface area contributed by atoms with E-state index in [1.54, 1.807) is 12.1 Å². The zero-order valence-corrected chi connectivity index (χ0v) is 22.1. The minimum absolute atomic E-state index is 0.0871. The molecule has 0 saturated carbocycles. The Kier molecular flexibility index (Phi) is 10.4. The van der Waals surface area contributed by atoms with E-state index in [-0.39, 0.29) is 36.0 Å². The van der Waals surface area contributed by atoms with E-state index in [1.807, 2.05) is 30.3 Å². The average Bonchev–Trinajstić information content (AvgIpc) is 3.46. The number of hydrogen-bond acceptors (Lipinski definition) is 7. The minimum Gasteiger partial charge on any atom is -0.465 e. The maximum Gasteiger partial charge on any atom is 0.348 e. The number of thiophene rings is 1. The fraction of sp³-hybridized carbons (Fsp3) is 0.483. The van der Waals surface area contributed by atoms with Gasteiger partial charge in [-0.2, -0.15) is 0 Å². The van der Waals surface area contributed by atoms with E-state index in [0.29, 0.717) is 4.88 Å². The van der Waals surface area contributed by atoms with E-state index in [2.05, 4.69) is 6.92 Å². The highest BCUT2D eigenvalue weighted by atomic mass is 32.1. The van der Waals surface area contributed by atoms with Crippen LogP contribution in [0.25, 0.3) is 0 Å². The van der Waals surface area contributed by atoms with Gasteiger partial charge in [-0.25, -0.2) is 4.79 Å². The topological polar surface area (TPSA) is 89.9 Å². The number of unbranched alkanes of at least 4 members (excludes halogenated alkanes) is 2. The highest BCUT2D eigenvalue weighted by Crippen LogP contribution is 2.40. The van der Waals surface area contributed by atoms with Crippen molar-refractivity contribution in [3.05, 3.63) is 69.1 Å². The highest BCUT2D eigenvalue weighted by molar-refractivity contribution is 7.13. The maximum atomic E-state index is 13.2. The van der Waals surface area contributed by atoms with Crippen LogP contribution in [0.2, 0.25) is 0 Å². The largest absolute Gasteiger partial charge is 0.465 e. The molecule has 36 heavy (non-hydrogen) atoms. The lowest BCUT2D eigenvalue weighted by atomic mass is 9.83. The summed E-state index contributed by atoms with van der Waals surface area (Å²) in [5, 5.41) is 9.86. The second kappa shape index (κ2) is 13.5. The van der Waals surface area contributed by atoms with Crippen molar-refractivity contribution in [2.45, 2.75) is 70.6 Å². The molecule has 0 bridgehead atoms. The van der Waals surface area contributed by atoms with Crippen LogP contribution >= 0.6 is 11.3 Å². The van der Waals surface area contributed by atoms with Gasteiger partial charge in [-0.1, -0.05) is 50.5 Å². The van der Waals surface area contributed by atoms with Crippen molar-refractivity contribution in [1.29, 1.82) is 0 Å². The Hall–Kier alpha value is -2.77. The number of esters is 2. The zero-order valence-electron chi connectivity index (χ0n) is 21.3. The molecule has 0 spiro atoms. The molecule has 2 aromatic rings. The molecule has 1 aromatic carbocycles. The van der Waals surface area contributed by atoms with Crippen LogP contribution in [0.15, 0.2) is 48.2 Å².